The largest absolute Gasteiger partial charge is 0.495 e. The molecule has 0 aromatic heterocycles. The average Bonchev–Trinajstić information content (AvgIpc) is 2.49. The SMILES string of the molecule is COc1ccc(S(=O)(=O)NCCCSC)cc1C#CCN. The van der Waals surface area contributed by atoms with Crippen LogP contribution in [0.4, 0.5) is 0 Å². The van der Waals surface area contributed by atoms with E-state index in [0.29, 0.717) is 17.9 Å². The average molecular weight is 328 g/mol. The lowest BCUT2D eigenvalue weighted by Crippen LogP contribution is -2.25. The van der Waals surface area contributed by atoms with Gasteiger partial charge in [-0.2, -0.15) is 11.8 Å². The number of methoxy groups -OCH3 is 1. The van der Waals surface area contributed by atoms with Gasteiger partial charge in [-0.1, -0.05) is 11.8 Å². The van der Waals surface area contributed by atoms with Gasteiger partial charge in [-0.3, -0.25) is 0 Å². The molecule has 3 N–H and O–H groups in total. The molecule has 0 fully saturated rings. The Labute approximate surface area is 130 Å². The van der Waals surface area contributed by atoms with Crippen molar-refractivity contribution in [2.24, 2.45) is 5.73 Å². The minimum absolute atomic E-state index is 0.175. The lowest BCUT2D eigenvalue weighted by Gasteiger charge is -2.09. The van der Waals surface area contributed by atoms with Crippen molar-refractivity contribution in [3.05, 3.63) is 23.8 Å². The second-order valence-electron chi connectivity index (χ2n) is 4.11. The van der Waals surface area contributed by atoms with Crippen LogP contribution >= 0.6 is 11.8 Å². The number of sulfonamides is 1. The molecule has 0 amide bonds. The number of thioether (sulfide) groups is 1. The van der Waals surface area contributed by atoms with Gasteiger partial charge in [0.25, 0.3) is 0 Å². The van der Waals surface area contributed by atoms with Crippen molar-refractivity contribution in [3.8, 4) is 17.6 Å². The minimum Gasteiger partial charge on any atom is -0.495 e. The molecule has 1 rings (SSSR count). The van der Waals surface area contributed by atoms with Crippen molar-refractivity contribution in [2.75, 3.05) is 32.2 Å². The van der Waals surface area contributed by atoms with Gasteiger partial charge in [-0.05, 0) is 36.6 Å². The fourth-order valence-corrected chi connectivity index (χ4v) is 3.14. The van der Waals surface area contributed by atoms with E-state index in [1.165, 1.54) is 19.2 Å². The molecule has 1 aromatic rings. The van der Waals surface area contributed by atoms with E-state index >= 15 is 0 Å². The van der Waals surface area contributed by atoms with E-state index in [2.05, 4.69) is 16.6 Å². The van der Waals surface area contributed by atoms with Gasteiger partial charge in [-0.25, -0.2) is 13.1 Å². The Kier molecular flexibility index (Phi) is 7.61. The fourth-order valence-electron chi connectivity index (χ4n) is 1.60. The van der Waals surface area contributed by atoms with Crippen LogP contribution in [0.3, 0.4) is 0 Å². The topological polar surface area (TPSA) is 81.4 Å². The second kappa shape index (κ2) is 8.95. The zero-order valence-corrected chi connectivity index (χ0v) is 13.8. The second-order valence-corrected chi connectivity index (χ2v) is 6.86. The van der Waals surface area contributed by atoms with Crippen LogP contribution in [0.15, 0.2) is 23.1 Å². The summed E-state index contributed by atoms with van der Waals surface area (Å²) in [6.07, 6.45) is 2.77. The molecule has 0 atom stereocenters. The lowest BCUT2D eigenvalue weighted by atomic mass is 10.2. The maximum atomic E-state index is 12.2. The highest BCUT2D eigenvalue weighted by atomic mass is 32.2. The molecule has 0 heterocycles. The molecular formula is C14H20N2O3S2. The molecule has 0 saturated heterocycles. The van der Waals surface area contributed by atoms with E-state index in [-0.39, 0.29) is 11.4 Å². The molecule has 1 aromatic carbocycles. The number of hydrogen-bond acceptors (Lipinski definition) is 5. The van der Waals surface area contributed by atoms with Crippen LogP contribution in [0.1, 0.15) is 12.0 Å². The molecule has 0 aliphatic carbocycles. The van der Waals surface area contributed by atoms with Gasteiger partial charge in [-0.15, -0.1) is 0 Å². The predicted molar refractivity (Wildman–Crippen MR) is 87.1 cm³/mol. The molecule has 0 saturated carbocycles. The molecule has 116 valence electrons. The maximum absolute atomic E-state index is 12.2. The number of rotatable bonds is 7. The zero-order chi connectivity index (χ0) is 15.7. The predicted octanol–water partition coefficient (Wildman–Crippen LogP) is 1.04. The highest BCUT2D eigenvalue weighted by Crippen LogP contribution is 2.21. The van der Waals surface area contributed by atoms with Crippen LogP contribution in [0.5, 0.6) is 5.75 Å². The van der Waals surface area contributed by atoms with Crippen molar-refractivity contribution in [2.45, 2.75) is 11.3 Å². The van der Waals surface area contributed by atoms with Crippen LogP contribution in [0.25, 0.3) is 0 Å². The normalized spacial score (nSPS) is 10.8. The van der Waals surface area contributed by atoms with Crippen molar-refractivity contribution in [1.82, 2.24) is 4.72 Å². The Bertz CT molecular complexity index is 619. The van der Waals surface area contributed by atoms with Gasteiger partial charge in [0, 0.05) is 6.54 Å². The van der Waals surface area contributed by atoms with Gasteiger partial charge < -0.3 is 10.5 Å². The van der Waals surface area contributed by atoms with Crippen LogP contribution in [-0.2, 0) is 10.0 Å². The first-order chi connectivity index (χ1) is 10.0. The van der Waals surface area contributed by atoms with Crippen molar-refractivity contribution >= 4 is 21.8 Å². The number of benzene rings is 1. The van der Waals surface area contributed by atoms with Gasteiger partial charge in [0.05, 0.1) is 24.1 Å². The molecule has 0 aliphatic rings. The summed E-state index contributed by atoms with van der Waals surface area (Å²) in [4.78, 5) is 0.175. The zero-order valence-electron chi connectivity index (χ0n) is 12.2. The van der Waals surface area contributed by atoms with E-state index < -0.39 is 10.0 Å². The highest BCUT2D eigenvalue weighted by Gasteiger charge is 2.15. The highest BCUT2D eigenvalue weighted by molar-refractivity contribution is 7.98. The smallest absolute Gasteiger partial charge is 0.240 e. The number of nitrogens with one attached hydrogen (secondary N) is 1. The Morgan fingerprint density at radius 3 is 2.81 bits per heavy atom. The summed E-state index contributed by atoms with van der Waals surface area (Å²) in [6.45, 7) is 0.617. The van der Waals surface area contributed by atoms with Gasteiger partial charge in [0.15, 0.2) is 0 Å². The van der Waals surface area contributed by atoms with Crippen molar-refractivity contribution in [3.63, 3.8) is 0 Å². The van der Waals surface area contributed by atoms with Gasteiger partial charge >= 0.3 is 0 Å². The van der Waals surface area contributed by atoms with E-state index in [1.54, 1.807) is 17.8 Å². The molecule has 0 spiro atoms. The molecule has 7 heteroatoms. The lowest BCUT2D eigenvalue weighted by molar-refractivity contribution is 0.413. The summed E-state index contributed by atoms with van der Waals surface area (Å²) in [5.41, 5.74) is 5.85. The first kappa shape index (κ1) is 17.9. The van der Waals surface area contributed by atoms with Crippen LogP contribution in [0, 0.1) is 11.8 Å². The van der Waals surface area contributed by atoms with E-state index in [9.17, 15) is 8.42 Å². The van der Waals surface area contributed by atoms with E-state index in [4.69, 9.17) is 10.5 Å². The number of hydrogen-bond donors (Lipinski definition) is 2. The summed E-state index contributed by atoms with van der Waals surface area (Å²) < 4.78 is 32.1. The third-order valence-corrected chi connectivity index (χ3v) is 4.78. The minimum atomic E-state index is -3.53. The Balaban J connectivity index is 2.96. The molecular weight excluding hydrogens is 308 g/mol. The Morgan fingerprint density at radius 2 is 2.19 bits per heavy atom. The first-order valence-corrected chi connectivity index (χ1v) is 9.28. The van der Waals surface area contributed by atoms with E-state index in [1.807, 2.05) is 6.26 Å². The van der Waals surface area contributed by atoms with Crippen LogP contribution < -0.4 is 15.2 Å². The first-order valence-electron chi connectivity index (χ1n) is 6.40. The van der Waals surface area contributed by atoms with Crippen LogP contribution in [-0.4, -0.2) is 40.6 Å². The van der Waals surface area contributed by atoms with Gasteiger partial charge in [0.2, 0.25) is 10.0 Å². The Hall–Kier alpha value is -1.20. The quantitative estimate of drug-likeness (QED) is 0.577. The fraction of sp³-hybridized carbons (Fsp3) is 0.429. The summed E-state index contributed by atoms with van der Waals surface area (Å²) in [5, 5.41) is 0. The number of ether oxygens (including phenoxy) is 1. The Morgan fingerprint density at radius 1 is 1.43 bits per heavy atom. The maximum Gasteiger partial charge on any atom is 0.240 e. The summed E-state index contributed by atoms with van der Waals surface area (Å²) >= 11 is 1.68. The third-order valence-electron chi connectivity index (χ3n) is 2.62. The summed E-state index contributed by atoms with van der Waals surface area (Å²) in [5.74, 6) is 6.96. The van der Waals surface area contributed by atoms with Gasteiger partial charge in [0.1, 0.15) is 5.75 Å². The molecule has 0 bridgehead atoms. The molecule has 5 nitrogen and oxygen atoms in total. The van der Waals surface area contributed by atoms with Crippen LogP contribution in [0.2, 0.25) is 0 Å². The number of nitrogens with two attached hydrogens (primary N) is 1. The third kappa shape index (κ3) is 5.59. The summed E-state index contributed by atoms with van der Waals surface area (Å²) in [7, 11) is -2.02. The molecule has 0 aliphatic heterocycles. The summed E-state index contributed by atoms with van der Waals surface area (Å²) in [6, 6.07) is 4.60. The standard InChI is InChI=1S/C14H20N2O3S2/c1-19-14-7-6-13(11-12(14)5-3-8-15)21(17,18)16-9-4-10-20-2/h6-7,11,16H,4,8-10,15H2,1-2H3. The van der Waals surface area contributed by atoms with Crippen molar-refractivity contribution < 1.29 is 13.2 Å². The van der Waals surface area contributed by atoms with Crippen molar-refractivity contribution in [1.29, 1.82) is 0 Å². The molecule has 0 unspecified atom stereocenters. The molecule has 21 heavy (non-hydrogen) atoms. The monoisotopic (exact) mass is 328 g/mol. The molecule has 0 radical (unpaired) electrons. The van der Waals surface area contributed by atoms with E-state index in [0.717, 1.165) is 12.2 Å².